The molecule has 0 atom stereocenters. The van der Waals surface area contributed by atoms with Crippen molar-refractivity contribution < 1.29 is 19.1 Å². The number of rotatable bonds is 7. The molecule has 6 heteroatoms. The first kappa shape index (κ1) is 15.1. The van der Waals surface area contributed by atoms with E-state index in [0.29, 0.717) is 13.0 Å². The van der Waals surface area contributed by atoms with Gasteiger partial charge in [-0.05, 0) is 18.1 Å². The van der Waals surface area contributed by atoms with Crippen LogP contribution in [0.2, 0.25) is 0 Å². The molecular formula is C13H18N2O4. The van der Waals surface area contributed by atoms with Crippen molar-refractivity contribution in [1.29, 1.82) is 0 Å². The molecule has 0 unspecified atom stereocenters. The zero-order chi connectivity index (χ0) is 14.1. The lowest BCUT2D eigenvalue weighted by Crippen LogP contribution is -2.37. The van der Waals surface area contributed by atoms with Crippen molar-refractivity contribution in [2.45, 2.75) is 6.42 Å². The average molecular weight is 266 g/mol. The molecule has 1 aromatic heterocycles. The maximum absolute atomic E-state index is 11.3. The Morgan fingerprint density at radius 2 is 1.84 bits per heavy atom. The molecular weight excluding hydrogens is 248 g/mol. The largest absolute Gasteiger partial charge is 0.468 e. The number of esters is 2. The van der Waals surface area contributed by atoms with Gasteiger partial charge in [0.25, 0.3) is 0 Å². The summed E-state index contributed by atoms with van der Waals surface area (Å²) in [6.45, 7) is 0.674. The zero-order valence-electron chi connectivity index (χ0n) is 11.2. The molecule has 0 N–H and O–H groups in total. The van der Waals surface area contributed by atoms with E-state index in [1.54, 1.807) is 17.3 Å². The third kappa shape index (κ3) is 5.96. The number of hydrogen-bond acceptors (Lipinski definition) is 6. The van der Waals surface area contributed by atoms with Gasteiger partial charge >= 0.3 is 11.9 Å². The van der Waals surface area contributed by atoms with Gasteiger partial charge in [-0.25, -0.2) is 0 Å². The molecule has 0 spiro atoms. The summed E-state index contributed by atoms with van der Waals surface area (Å²) >= 11 is 0. The molecule has 1 rings (SSSR count). The first-order valence-corrected chi connectivity index (χ1v) is 5.90. The summed E-state index contributed by atoms with van der Waals surface area (Å²) in [6.07, 6.45) is 4.15. The minimum absolute atomic E-state index is 0.0614. The van der Waals surface area contributed by atoms with E-state index < -0.39 is 0 Å². The highest BCUT2D eigenvalue weighted by molar-refractivity contribution is 5.74. The van der Waals surface area contributed by atoms with E-state index in [0.717, 1.165) is 5.56 Å². The number of ether oxygens (including phenoxy) is 2. The van der Waals surface area contributed by atoms with Gasteiger partial charge in [-0.2, -0.15) is 0 Å². The Kier molecular flexibility index (Phi) is 6.52. The summed E-state index contributed by atoms with van der Waals surface area (Å²) in [5.74, 6) is -0.759. The Balaban J connectivity index is 2.53. The minimum Gasteiger partial charge on any atom is -0.468 e. The second kappa shape index (κ2) is 8.20. The van der Waals surface area contributed by atoms with Gasteiger partial charge in [0, 0.05) is 18.9 Å². The topological polar surface area (TPSA) is 68.7 Å². The van der Waals surface area contributed by atoms with E-state index in [9.17, 15) is 9.59 Å². The van der Waals surface area contributed by atoms with E-state index in [1.807, 2.05) is 12.1 Å². The van der Waals surface area contributed by atoms with Crippen LogP contribution in [0.3, 0.4) is 0 Å². The van der Waals surface area contributed by atoms with Crippen LogP contribution in [0.15, 0.2) is 24.5 Å². The lowest BCUT2D eigenvalue weighted by Gasteiger charge is -2.19. The summed E-state index contributed by atoms with van der Waals surface area (Å²) in [5.41, 5.74) is 1.04. The third-order valence-electron chi connectivity index (χ3n) is 2.60. The second-order valence-electron chi connectivity index (χ2n) is 3.97. The monoisotopic (exact) mass is 266 g/mol. The molecule has 0 saturated heterocycles. The van der Waals surface area contributed by atoms with Crippen LogP contribution in [0.1, 0.15) is 5.56 Å². The summed E-state index contributed by atoms with van der Waals surface area (Å²) in [7, 11) is 2.64. The summed E-state index contributed by atoms with van der Waals surface area (Å²) in [5, 5.41) is 0. The summed E-state index contributed by atoms with van der Waals surface area (Å²) < 4.78 is 9.21. The van der Waals surface area contributed by atoms with Crippen molar-refractivity contribution in [3.63, 3.8) is 0 Å². The average Bonchev–Trinajstić information content (AvgIpc) is 2.45. The van der Waals surface area contributed by atoms with Gasteiger partial charge in [-0.3, -0.25) is 19.5 Å². The number of hydrogen-bond donors (Lipinski definition) is 0. The molecule has 0 fully saturated rings. The number of aromatic nitrogens is 1. The molecule has 0 radical (unpaired) electrons. The fraction of sp³-hybridized carbons (Fsp3) is 0.462. The molecule has 19 heavy (non-hydrogen) atoms. The standard InChI is InChI=1S/C13H18N2O4/c1-18-12(16)9-15(10-13(17)19-2)7-5-11-4-3-6-14-8-11/h3-4,6,8H,5,7,9-10H2,1-2H3. The quantitative estimate of drug-likeness (QED) is 0.660. The third-order valence-corrected chi connectivity index (χ3v) is 2.60. The number of nitrogens with zero attached hydrogens (tertiary/aromatic N) is 2. The van der Waals surface area contributed by atoms with E-state index >= 15 is 0 Å². The van der Waals surface area contributed by atoms with Gasteiger partial charge in [0.2, 0.25) is 0 Å². The van der Waals surface area contributed by atoms with Gasteiger partial charge in [0.1, 0.15) is 0 Å². The van der Waals surface area contributed by atoms with Crippen LogP contribution in [0.4, 0.5) is 0 Å². The van der Waals surface area contributed by atoms with Crippen molar-refractivity contribution in [3.8, 4) is 0 Å². The fourth-order valence-electron chi connectivity index (χ4n) is 1.54. The number of carbonyl (C=O) groups is 2. The van der Waals surface area contributed by atoms with Gasteiger partial charge in [0.05, 0.1) is 27.3 Å². The molecule has 0 saturated carbocycles. The van der Waals surface area contributed by atoms with Crippen LogP contribution >= 0.6 is 0 Å². The van der Waals surface area contributed by atoms with Crippen molar-refractivity contribution in [3.05, 3.63) is 30.1 Å². The Labute approximate surface area is 112 Å². The van der Waals surface area contributed by atoms with Crippen LogP contribution in [0.5, 0.6) is 0 Å². The Hall–Kier alpha value is -1.95. The van der Waals surface area contributed by atoms with E-state index in [2.05, 4.69) is 14.5 Å². The molecule has 1 aromatic rings. The van der Waals surface area contributed by atoms with Gasteiger partial charge in [-0.15, -0.1) is 0 Å². The predicted molar refractivity (Wildman–Crippen MR) is 68.4 cm³/mol. The maximum atomic E-state index is 11.3. The molecule has 6 nitrogen and oxygen atoms in total. The molecule has 0 aliphatic carbocycles. The second-order valence-corrected chi connectivity index (χ2v) is 3.97. The molecule has 1 heterocycles. The van der Waals surface area contributed by atoms with Gasteiger partial charge < -0.3 is 9.47 Å². The van der Waals surface area contributed by atoms with Crippen LogP contribution < -0.4 is 0 Å². The van der Waals surface area contributed by atoms with E-state index in [1.165, 1.54) is 14.2 Å². The Morgan fingerprint density at radius 3 is 2.32 bits per heavy atom. The molecule has 0 aliphatic heterocycles. The smallest absolute Gasteiger partial charge is 0.319 e. The molecule has 104 valence electrons. The van der Waals surface area contributed by atoms with E-state index in [-0.39, 0.29) is 25.0 Å². The maximum Gasteiger partial charge on any atom is 0.319 e. The van der Waals surface area contributed by atoms with Crippen LogP contribution in [-0.2, 0) is 25.5 Å². The highest BCUT2D eigenvalue weighted by Crippen LogP contribution is 2.00. The first-order valence-electron chi connectivity index (χ1n) is 5.90. The number of carbonyl (C=O) groups excluding carboxylic acids is 2. The molecule has 0 amide bonds. The SMILES string of the molecule is COC(=O)CN(CCc1cccnc1)CC(=O)OC. The first-order chi connectivity index (χ1) is 9.15. The predicted octanol–water partition coefficient (Wildman–Crippen LogP) is 0.272. The highest BCUT2D eigenvalue weighted by Gasteiger charge is 2.15. The molecule has 0 aliphatic rings. The van der Waals surface area contributed by atoms with Gasteiger partial charge in [-0.1, -0.05) is 6.07 Å². The minimum atomic E-state index is -0.380. The fourth-order valence-corrected chi connectivity index (χ4v) is 1.54. The van der Waals surface area contributed by atoms with Crippen molar-refractivity contribution >= 4 is 11.9 Å². The molecule has 0 aromatic carbocycles. The summed E-state index contributed by atoms with van der Waals surface area (Å²) in [4.78, 5) is 28.3. The lowest BCUT2D eigenvalue weighted by atomic mass is 10.2. The van der Waals surface area contributed by atoms with Crippen molar-refractivity contribution in [1.82, 2.24) is 9.88 Å². The Bertz CT molecular complexity index is 390. The summed E-state index contributed by atoms with van der Waals surface area (Å²) in [6, 6.07) is 3.79. The normalized spacial score (nSPS) is 10.3. The van der Waals surface area contributed by atoms with Gasteiger partial charge in [0.15, 0.2) is 0 Å². The number of pyridine rings is 1. The lowest BCUT2D eigenvalue weighted by molar-refractivity contribution is -0.145. The Morgan fingerprint density at radius 1 is 1.21 bits per heavy atom. The molecule has 0 bridgehead atoms. The van der Waals surface area contributed by atoms with Crippen LogP contribution in [0, 0.1) is 0 Å². The highest BCUT2D eigenvalue weighted by atomic mass is 16.5. The van der Waals surface area contributed by atoms with Crippen molar-refractivity contribution in [2.75, 3.05) is 33.9 Å². The zero-order valence-corrected chi connectivity index (χ0v) is 11.2. The van der Waals surface area contributed by atoms with E-state index in [4.69, 9.17) is 0 Å². The van der Waals surface area contributed by atoms with Crippen molar-refractivity contribution in [2.24, 2.45) is 0 Å². The number of methoxy groups -OCH3 is 2. The van der Waals surface area contributed by atoms with Crippen LogP contribution in [-0.4, -0.2) is 55.7 Å². The van der Waals surface area contributed by atoms with Crippen LogP contribution in [0.25, 0.3) is 0 Å².